The predicted octanol–water partition coefficient (Wildman–Crippen LogP) is 2.25. The highest BCUT2D eigenvalue weighted by atomic mass is 19.4. The molecule has 2 unspecified atom stereocenters. The van der Waals surface area contributed by atoms with Gasteiger partial charge in [0.2, 0.25) is 5.78 Å². The van der Waals surface area contributed by atoms with Crippen molar-refractivity contribution in [3.05, 3.63) is 45.2 Å². The number of rotatable bonds is 3. The summed E-state index contributed by atoms with van der Waals surface area (Å²) < 4.78 is 43.9. The lowest BCUT2D eigenvalue weighted by Crippen LogP contribution is -2.67. The fourth-order valence-electron chi connectivity index (χ4n) is 7.18. The maximum atomic E-state index is 14.6. The molecule has 0 aromatic heterocycles. The highest BCUT2D eigenvalue weighted by molar-refractivity contribution is 6.33. The molecule has 6 atom stereocenters. The number of primary amides is 1. The molecule has 4 aliphatic rings. The first-order valence-corrected chi connectivity index (χ1v) is 12.9. The van der Waals surface area contributed by atoms with Crippen molar-refractivity contribution in [1.82, 2.24) is 10.2 Å². The van der Waals surface area contributed by atoms with E-state index in [0.717, 1.165) is 6.07 Å². The number of fused-ring (bicyclic) bond motifs is 3. The second-order valence-electron chi connectivity index (χ2n) is 11.4. The molecule has 8 N–H and O–H groups in total. The van der Waals surface area contributed by atoms with Crippen LogP contribution in [0.25, 0.3) is 5.76 Å². The monoisotopic (exact) mass is 564 g/mol. The minimum Gasteiger partial charge on any atom is -0.510 e. The molecule has 0 bridgehead atoms. The van der Waals surface area contributed by atoms with E-state index < -0.39 is 99.1 Å². The number of carbonyl (C=O) groups is 2. The number of phenols is 1. The largest absolute Gasteiger partial charge is 0.510 e. The molecule has 5 rings (SSSR count). The number of carbonyl (C=O) groups excluding carboxylic acids is 2. The Bertz CT molecular complexity index is 1420. The van der Waals surface area contributed by atoms with Gasteiger partial charge in [0.25, 0.3) is 5.91 Å². The van der Waals surface area contributed by atoms with E-state index >= 15 is 0 Å². The summed E-state index contributed by atoms with van der Waals surface area (Å²) in [5.74, 6) is -6.94. The lowest BCUT2D eigenvalue weighted by molar-refractivity contribution is -0.139. The molecule has 3 aliphatic carbocycles. The predicted molar refractivity (Wildman–Crippen MR) is 137 cm³/mol. The molecular formula is C27H31F3N4O6. The summed E-state index contributed by atoms with van der Waals surface area (Å²) in [6.07, 6.45) is -4.42. The van der Waals surface area contributed by atoms with Crippen molar-refractivity contribution in [3.8, 4) is 5.75 Å². The number of alkyl halides is 3. The molecule has 10 nitrogen and oxygen atoms in total. The maximum Gasteiger partial charge on any atom is 0.417 e. The average molecular weight is 565 g/mol. The molecule has 1 aromatic rings. The van der Waals surface area contributed by atoms with E-state index in [1.807, 2.05) is 6.92 Å². The summed E-state index contributed by atoms with van der Waals surface area (Å²) in [6, 6.07) is -0.939. The van der Waals surface area contributed by atoms with Crippen molar-refractivity contribution in [2.75, 3.05) is 14.1 Å². The molecule has 1 aromatic carbocycles. The number of Topliss-reactive ketones (excluding diaryl/α,β-unsaturated/α-hetero) is 1. The first-order chi connectivity index (χ1) is 18.5. The van der Waals surface area contributed by atoms with Crippen LogP contribution < -0.4 is 11.1 Å². The average Bonchev–Trinajstić information content (AvgIpc) is 3.26. The Labute approximate surface area is 227 Å². The van der Waals surface area contributed by atoms with Crippen LogP contribution in [0.1, 0.15) is 54.5 Å². The second kappa shape index (κ2) is 9.05. The van der Waals surface area contributed by atoms with Gasteiger partial charge >= 0.3 is 6.18 Å². The van der Waals surface area contributed by atoms with E-state index in [1.54, 1.807) is 0 Å². The summed E-state index contributed by atoms with van der Waals surface area (Å²) in [6.45, 7) is 1.84. The number of aromatic hydroxyl groups is 1. The number of phenolic OH excluding ortho intramolecular Hbond substituents is 1. The quantitative estimate of drug-likeness (QED) is 0.292. The van der Waals surface area contributed by atoms with Gasteiger partial charge in [-0.15, -0.1) is 0 Å². The molecule has 13 heteroatoms. The Hall–Kier alpha value is -3.42. The second-order valence-corrected chi connectivity index (χ2v) is 11.4. The number of likely N-dealkylation sites (N-methyl/N-ethyl adjacent to an activating group) is 1. The third-order valence-electron chi connectivity index (χ3n) is 8.84. The van der Waals surface area contributed by atoms with E-state index in [1.165, 1.54) is 19.0 Å². The van der Waals surface area contributed by atoms with Crippen LogP contribution in [0.2, 0.25) is 0 Å². The number of benzene rings is 1. The highest BCUT2D eigenvalue weighted by Crippen LogP contribution is 2.54. The molecule has 40 heavy (non-hydrogen) atoms. The molecule has 1 amide bonds. The minimum atomic E-state index is -4.85. The Morgan fingerprint density at radius 3 is 2.40 bits per heavy atom. The van der Waals surface area contributed by atoms with Crippen molar-refractivity contribution in [2.24, 2.45) is 17.6 Å². The van der Waals surface area contributed by atoms with Crippen LogP contribution in [0.3, 0.4) is 0 Å². The van der Waals surface area contributed by atoms with E-state index in [4.69, 9.17) is 11.1 Å². The Morgan fingerprint density at radius 1 is 1.23 bits per heavy atom. The zero-order chi connectivity index (χ0) is 29.6. The molecule has 0 radical (unpaired) electrons. The van der Waals surface area contributed by atoms with Crippen molar-refractivity contribution in [1.29, 1.82) is 5.41 Å². The van der Waals surface area contributed by atoms with Crippen LogP contribution >= 0.6 is 0 Å². The zero-order valence-corrected chi connectivity index (χ0v) is 22.1. The summed E-state index contributed by atoms with van der Waals surface area (Å²) in [7, 11) is 3.00. The van der Waals surface area contributed by atoms with Gasteiger partial charge in [-0.05, 0) is 69.8 Å². The van der Waals surface area contributed by atoms with Crippen LogP contribution in [0.5, 0.6) is 5.75 Å². The van der Waals surface area contributed by atoms with Gasteiger partial charge in [-0.25, -0.2) is 0 Å². The molecule has 2 fully saturated rings. The van der Waals surface area contributed by atoms with Crippen LogP contribution in [0.15, 0.2) is 23.0 Å². The van der Waals surface area contributed by atoms with Gasteiger partial charge in [-0.2, -0.15) is 13.2 Å². The van der Waals surface area contributed by atoms with Crippen LogP contribution in [-0.4, -0.2) is 74.5 Å². The van der Waals surface area contributed by atoms with Gasteiger partial charge in [0.05, 0.1) is 22.9 Å². The fraction of sp³-hybridized carbons (Fsp3) is 0.519. The third kappa shape index (κ3) is 3.78. The Kier molecular flexibility index (Phi) is 6.36. The molecule has 1 aliphatic heterocycles. The Morgan fingerprint density at radius 2 is 1.88 bits per heavy atom. The standard InChI is InChI=1S/C27H31F3N4O6/c1-9-4-5-14(33-9)11-8-15(35)17-12(19(11)27(28,29)30)6-10-7-13-20(34(2)3)22(37)18(25(32)39)23(31)26(13,40)24(38)16(10)21(17)36/h8-10,13-14,20,31,33,35-37,40H,4-7H2,1-3H3,(H2,32,39)/t9?,10-,13-,14?,20-,26+/m0/s1. The molecule has 1 heterocycles. The van der Waals surface area contributed by atoms with Crippen molar-refractivity contribution >= 4 is 23.2 Å². The maximum absolute atomic E-state index is 14.6. The fourth-order valence-corrected chi connectivity index (χ4v) is 7.18. The van der Waals surface area contributed by atoms with Crippen LogP contribution in [-0.2, 0) is 22.2 Å². The van der Waals surface area contributed by atoms with E-state index in [9.17, 15) is 43.2 Å². The molecular weight excluding hydrogens is 533 g/mol. The topological polar surface area (TPSA) is 180 Å². The van der Waals surface area contributed by atoms with Gasteiger partial charge in [0.15, 0.2) is 5.60 Å². The smallest absolute Gasteiger partial charge is 0.417 e. The number of nitrogens with zero attached hydrogens (tertiary/aromatic N) is 1. The number of aliphatic hydroxyl groups is 3. The first kappa shape index (κ1) is 28.1. The van der Waals surface area contributed by atoms with E-state index in [-0.39, 0.29) is 23.6 Å². The lowest BCUT2D eigenvalue weighted by atomic mass is 9.56. The number of nitrogens with two attached hydrogens (primary N) is 1. The SMILES string of the molecule is CC1CCC(c2cc(O)c3c(c2C(F)(F)F)C[C@H]2C[C@H]4[C@H](N(C)C)C(O)=C(C(N)=O)C(=N)[C@@]4(O)C(=O)C2=C3O)N1. The van der Waals surface area contributed by atoms with E-state index in [2.05, 4.69) is 5.32 Å². The van der Waals surface area contributed by atoms with Gasteiger partial charge in [-0.1, -0.05) is 0 Å². The van der Waals surface area contributed by atoms with Gasteiger partial charge in [0, 0.05) is 23.6 Å². The highest BCUT2D eigenvalue weighted by Gasteiger charge is 2.63. The number of aliphatic hydroxyl groups excluding tert-OH is 2. The summed E-state index contributed by atoms with van der Waals surface area (Å²) >= 11 is 0. The molecule has 1 saturated carbocycles. The van der Waals surface area contributed by atoms with Gasteiger partial charge < -0.3 is 36.9 Å². The summed E-state index contributed by atoms with van der Waals surface area (Å²) in [4.78, 5) is 27.4. The van der Waals surface area contributed by atoms with Gasteiger partial charge in [0.1, 0.15) is 22.8 Å². The van der Waals surface area contributed by atoms with Gasteiger partial charge in [-0.3, -0.25) is 14.5 Å². The number of nitrogens with one attached hydrogen (secondary N) is 2. The number of hydrogen-bond donors (Lipinski definition) is 7. The number of halogens is 3. The Balaban J connectivity index is 1.73. The third-order valence-corrected chi connectivity index (χ3v) is 8.84. The first-order valence-electron chi connectivity index (χ1n) is 12.9. The van der Waals surface area contributed by atoms with Crippen LogP contribution in [0.4, 0.5) is 13.2 Å². The lowest BCUT2D eigenvalue weighted by Gasteiger charge is -2.51. The van der Waals surface area contributed by atoms with Crippen molar-refractivity contribution < 1.29 is 43.2 Å². The number of ketones is 1. The van der Waals surface area contributed by atoms with Crippen molar-refractivity contribution in [2.45, 2.75) is 62.5 Å². The van der Waals surface area contributed by atoms with Crippen LogP contribution in [0, 0.1) is 17.2 Å². The van der Waals surface area contributed by atoms with Crippen molar-refractivity contribution in [3.63, 3.8) is 0 Å². The number of hydrogen-bond acceptors (Lipinski definition) is 9. The minimum absolute atomic E-state index is 0.0339. The zero-order valence-electron chi connectivity index (χ0n) is 22.1. The number of amides is 1. The van der Waals surface area contributed by atoms with E-state index in [0.29, 0.717) is 12.8 Å². The molecule has 216 valence electrons. The molecule has 0 spiro atoms. The summed E-state index contributed by atoms with van der Waals surface area (Å²) in [5, 5.41) is 56.3. The molecule has 1 saturated heterocycles. The normalized spacial score (nSPS) is 32.4. The summed E-state index contributed by atoms with van der Waals surface area (Å²) in [5.41, 5.74) is -1.55.